The summed E-state index contributed by atoms with van der Waals surface area (Å²) in [5, 5.41) is 18.4. The van der Waals surface area contributed by atoms with Crippen LogP contribution in [0.2, 0.25) is 0 Å². The van der Waals surface area contributed by atoms with E-state index >= 15 is 0 Å². The van der Waals surface area contributed by atoms with Gasteiger partial charge in [-0.15, -0.1) is 11.3 Å². The summed E-state index contributed by atoms with van der Waals surface area (Å²) in [6.45, 7) is 4.25. The highest BCUT2D eigenvalue weighted by atomic mass is 79.9. The van der Waals surface area contributed by atoms with Gasteiger partial charge in [-0.25, -0.2) is 9.78 Å². The normalized spacial score (nSPS) is 17.7. The number of thiophene rings is 1. The standard InChI is InChI=1S/C39H39BrN4O5S/c1-23-6-10-25(11-7-23)32-20-30(29-19-26(40)12-15-31(29)42-32)37(45)41-21-33-36-28(16-17-44(33)22-24-8-13-27(48-2)14-9-24)35(39(46)47)38(50-36)43-34-5-3-4-18-49-34/h6-15,19-20,33-34,43H,3-5,16-18,21-22H2,1-2H3,(H,41,45)(H,46,47). The summed E-state index contributed by atoms with van der Waals surface area (Å²) in [5.74, 6) is -0.390. The molecule has 0 bridgehead atoms. The highest BCUT2D eigenvalue weighted by molar-refractivity contribution is 9.10. The van der Waals surface area contributed by atoms with Crippen LogP contribution in [-0.4, -0.2) is 59.9 Å². The highest BCUT2D eigenvalue weighted by Crippen LogP contribution is 2.43. The number of halogens is 1. The molecular formula is C39H39BrN4O5S. The van der Waals surface area contributed by atoms with Crippen molar-refractivity contribution < 1.29 is 24.2 Å². The van der Waals surface area contributed by atoms with Gasteiger partial charge in [0.15, 0.2) is 0 Å². The largest absolute Gasteiger partial charge is 0.497 e. The fourth-order valence-electron chi connectivity index (χ4n) is 6.83. The summed E-state index contributed by atoms with van der Waals surface area (Å²) in [7, 11) is 1.65. The average molecular weight is 756 g/mol. The first-order valence-corrected chi connectivity index (χ1v) is 18.5. The molecule has 2 aliphatic rings. The van der Waals surface area contributed by atoms with Crippen LogP contribution in [0.4, 0.5) is 5.00 Å². The van der Waals surface area contributed by atoms with Gasteiger partial charge in [-0.3, -0.25) is 9.69 Å². The second-order valence-corrected chi connectivity index (χ2v) is 14.8. The van der Waals surface area contributed by atoms with Gasteiger partial charge in [0.2, 0.25) is 0 Å². The summed E-state index contributed by atoms with van der Waals surface area (Å²) in [6, 6.07) is 23.5. The van der Waals surface area contributed by atoms with E-state index in [9.17, 15) is 14.7 Å². The first-order chi connectivity index (χ1) is 24.3. The van der Waals surface area contributed by atoms with Crippen LogP contribution in [0.5, 0.6) is 5.75 Å². The molecule has 1 amide bonds. The van der Waals surface area contributed by atoms with Gasteiger partial charge in [-0.1, -0.05) is 57.9 Å². The third-order valence-corrected chi connectivity index (χ3v) is 11.2. The lowest BCUT2D eigenvalue weighted by atomic mass is 9.96. The van der Waals surface area contributed by atoms with Crippen LogP contribution in [0, 0.1) is 6.92 Å². The first-order valence-electron chi connectivity index (χ1n) is 16.9. The van der Waals surface area contributed by atoms with Crippen LogP contribution in [0.15, 0.2) is 77.3 Å². The number of pyridine rings is 1. The van der Waals surface area contributed by atoms with Gasteiger partial charge in [0, 0.05) is 46.5 Å². The minimum atomic E-state index is -0.954. The van der Waals surface area contributed by atoms with E-state index in [1.54, 1.807) is 7.11 Å². The predicted molar refractivity (Wildman–Crippen MR) is 200 cm³/mol. The molecule has 3 N–H and O–H groups in total. The van der Waals surface area contributed by atoms with Gasteiger partial charge in [0.25, 0.3) is 5.91 Å². The van der Waals surface area contributed by atoms with Gasteiger partial charge in [-0.2, -0.15) is 0 Å². The number of carboxylic acid groups (broad SMARTS) is 1. The highest BCUT2D eigenvalue weighted by Gasteiger charge is 2.36. The summed E-state index contributed by atoms with van der Waals surface area (Å²) < 4.78 is 12.2. The number of aromatic nitrogens is 1. The number of nitrogens with zero attached hydrogens (tertiary/aromatic N) is 2. The van der Waals surface area contributed by atoms with E-state index in [2.05, 4.69) is 31.5 Å². The van der Waals surface area contributed by atoms with Crippen LogP contribution in [-0.2, 0) is 17.7 Å². The number of nitrogens with one attached hydrogen (secondary N) is 2. The second kappa shape index (κ2) is 14.9. The lowest BCUT2D eigenvalue weighted by molar-refractivity contribution is 0.0344. The molecule has 2 aromatic heterocycles. The number of carbonyl (C=O) groups is 2. The fourth-order valence-corrected chi connectivity index (χ4v) is 8.60. The number of carbonyl (C=O) groups excluding carboxylic acids is 1. The van der Waals surface area contributed by atoms with Gasteiger partial charge in [0.05, 0.1) is 35.5 Å². The third kappa shape index (κ3) is 7.27. The minimum Gasteiger partial charge on any atom is -0.497 e. The van der Waals surface area contributed by atoms with Crippen molar-refractivity contribution in [3.63, 3.8) is 0 Å². The molecule has 258 valence electrons. The maximum absolute atomic E-state index is 14.2. The Kier molecular flexibility index (Phi) is 10.2. The molecule has 2 aliphatic heterocycles. The van der Waals surface area contributed by atoms with E-state index in [0.717, 1.165) is 73.2 Å². The molecule has 1 saturated heterocycles. The van der Waals surface area contributed by atoms with Gasteiger partial charge >= 0.3 is 5.97 Å². The molecule has 0 spiro atoms. The van der Waals surface area contributed by atoms with Crippen molar-refractivity contribution in [3.05, 3.63) is 110 Å². The lowest BCUT2D eigenvalue weighted by Gasteiger charge is -2.36. The molecule has 4 heterocycles. The van der Waals surface area contributed by atoms with Crippen molar-refractivity contribution in [1.82, 2.24) is 15.2 Å². The number of aromatic carboxylic acids is 1. The van der Waals surface area contributed by atoms with Crippen molar-refractivity contribution in [3.8, 4) is 17.0 Å². The number of aryl methyl sites for hydroxylation is 1. The number of fused-ring (bicyclic) bond motifs is 2. The number of hydrogen-bond acceptors (Lipinski definition) is 8. The molecule has 3 aromatic carbocycles. The lowest BCUT2D eigenvalue weighted by Crippen LogP contribution is -2.41. The second-order valence-electron chi connectivity index (χ2n) is 12.8. The molecule has 0 radical (unpaired) electrons. The Hall–Kier alpha value is -4.29. The Labute approximate surface area is 303 Å². The van der Waals surface area contributed by atoms with Crippen LogP contribution in [0.25, 0.3) is 22.2 Å². The van der Waals surface area contributed by atoms with Crippen molar-refractivity contribution in [2.24, 2.45) is 0 Å². The molecule has 0 aliphatic carbocycles. The number of ether oxygens (including phenoxy) is 2. The molecule has 5 aromatic rings. The van der Waals surface area contributed by atoms with Crippen molar-refractivity contribution >= 4 is 55.0 Å². The smallest absolute Gasteiger partial charge is 0.338 e. The van der Waals surface area contributed by atoms with Crippen LogP contribution >= 0.6 is 27.3 Å². The zero-order chi connectivity index (χ0) is 34.8. The van der Waals surface area contributed by atoms with Crippen molar-refractivity contribution in [2.45, 2.75) is 51.4 Å². The Morgan fingerprint density at radius 1 is 1.08 bits per heavy atom. The Morgan fingerprint density at radius 3 is 2.60 bits per heavy atom. The van der Waals surface area contributed by atoms with Crippen molar-refractivity contribution in [1.29, 1.82) is 0 Å². The van der Waals surface area contributed by atoms with Gasteiger partial charge in [0.1, 0.15) is 17.0 Å². The zero-order valence-corrected chi connectivity index (χ0v) is 30.4. The number of methoxy groups -OCH3 is 1. The molecule has 2 atom stereocenters. The molecule has 0 saturated carbocycles. The number of amides is 1. The molecule has 50 heavy (non-hydrogen) atoms. The molecule has 11 heteroatoms. The number of anilines is 1. The Bertz CT molecular complexity index is 2030. The maximum atomic E-state index is 14.2. The Balaban J connectivity index is 1.23. The molecular weight excluding hydrogens is 716 g/mol. The number of carboxylic acids is 1. The third-order valence-electron chi connectivity index (χ3n) is 9.48. The summed E-state index contributed by atoms with van der Waals surface area (Å²) in [4.78, 5) is 35.1. The van der Waals surface area contributed by atoms with E-state index in [0.29, 0.717) is 48.8 Å². The van der Waals surface area contributed by atoms with E-state index in [1.165, 1.54) is 11.3 Å². The molecule has 9 nitrogen and oxygen atoms in total. The SMILES string of the molecule is COc1ccc(CN2CCc3c(sc(NC4CCCCO4)c3C(=O)O)C2CNC(=O)c2cc(-c3ccc(C)cc3)nc3ccc(Br)cc23)cc1. The molecule has 2 unspecified atom stereocenters. The maximum Gasteiger partial charge on any atom is 0.338 e. The summed E-state index contributed by atoms with van der Waals surface area (Å²) in [5.41, 5.74) is 6.28. The zero-order valence-electron chi connectivity index (χ0n) is 28.0. The molecule has 7 rings (SSSR count). The number of rotatable bonds is 10. The number of benzene rings is 3. The van der Waals surface area contributed by atoms with E-state index < -0.39 is 5.97 Å². The topological polar surface area (TPSA) is 113 Å². The fraction of sp³-hybridized carbons (Fsp3) is 0.308. The monoisotopic (exact) mass is 754 g/mol. The predicted octanol–water partition coefficient (Wildman–Crippen LogP) is 8.21. The first kappa shape index (κ1) is 34.2. The van der Waals surface area contributed by atoms with E-state index in [4.69, 9.17) is 14.5 Å². The van der Waals surface area contributed by atoms with Gasteiger partial charge < -0.3 is 25.2 Å². The molecule has 1 fully saturated rings. The van der Waals surface area contributed by atoms with E-state index in [1.807, 2.05) is 79.7 Å². The van der Waals surface area contributed by atoms with Crippen molar-refractivity contribution in [2.75, 3.05) is 32.1 Å². The van der Waals surface area contributed by atoms with E-state index in [-0.39, 0.29) is 18.2 Å². The number of hydrogen-bond donors (Lipinski definition) is 3. The quantitative estimate of drug-likeness (QED) is 0.131. The summed E-state index contributed by atoms with van der Waals surface area (Å²) >= 11 is 5.04. The average Bonchev–Trinajstić information content (AvgIpc) is 3.50. The Morgan fingerprint density at radius 2 is 1.88 bits per heavy atom. The van der Waals surface area contributed by atoms with Gasteiger partial charge in [-0.05, 0) is 80.1 Å². The summed E-state index contributed by atoms with van der Waals surface area (Å²) in [6.07, 6.45) is 3.22. The van der Waals surface area contributed by atoms with Crippen LogP contribution in [0.1, 0.15) is 67.6 Å². The van der Waals surface area contributed by atoms with Crippen LogP contribution < -0.4 is 15.4 Å². The van der Waals surface area contributed by atoms with Crippen LogP contribution in [0.3, 0.4) is 0 Å². The minimum absolute atomic E-state index is 0.218.